The van der Waals surface area contributed by atoms with Crippen molar-refractivity contribution in [2.24, 2.45) is 11.0 Å². The summed E-state index contributed by atoms with van der Waals surface area (Å²) >= 11 is 1.23. The number of amides is 2. The number of thioether (sulfide) groups is 1. The average molecular weight is 545 g/mol. The third-order valence-electron chi connectivity index (χ3n) is 6.14. The van der Waals surface area contributed by atoms with E-state index < -0.39 is 30.1 Å². The number of aromatic nitrogens is 2. The highest BCUT2D eigenvalue weighted by Crippen LogP contribution is 2.37. The number of anilines is 1. The molecule has 2 aliphatic heterocycles. The summed E-state index contributed by atoms with van der Waals surface area (Å²) in [6, 6.07) is 2.51. The zero-order valence-corrected chi connectivity index (χ0v) is 21.0. The van der Waals surface area contributed by atoms with Gasteiger partial charge in [-0.15, -0.1) is 0 Å². The number of amidine groups is 1. The van der Waals surface area contributed by atoms with Gasteiger partial charge in [0.1, 0.15) is 17.3 Å². The van der Waals surface area contributed by atoms with E-state index >= 15 is 0 Å². The van der Waals surface area contributed by atoms with Gasteiger partial charge in [-0.3, -0.25) is 30.2 Å². The normalized spacial score (nSPS) is 20.9. The third kappa shape index (κ3) is 5.55. The molecule has 2 fully saturated rings. The Balaban J connectivity index is 1.49. The van der Waals surface area contributed by atoms with Crippen molar-refractivity contribution >= 4 is 34.6 Å². The Morgan fingerprint density at radius 1 is 1.21 bits per heavy atom. The van der Waals surface area contributed by atoms with Crippen LogP contribution in [0.25, 0.3) is 11.1 Å². The van der Waals surface area contributed by atoms with Crippen LogP contribution in [0.3, 0.4) is 0 Å². The molecule has 2 aromatic rings. The van der Waals surface area contributed by atoms with E-state index in [4.69, 9.17) is 4.74 Å². The Morgan fingerprint density at radius 2 is 2.03 bits per heavy atom. The van der Waals surface area contributed by atoms with Gasteiger partial charge in [0.2, 0.25) is 0 Å². The van der Waals surface area contributed by atoms with Crippen molar-refractivity contribution < 1.29 is 27.5 Å². The molecule has 2 unspecified atom stereocenters. The van der Waals surface area contributed by atoms with Crippen LogP contribution in [-0.2, 0) is 4.79 Å². The zero-order valence-electron chi connectivity index (χ0n) is 20.2. The van der Waals surface area contributed by atoms with Crippen LogP contribution in [0.4, 0.5) is 19.0 Å². The van der Waals surface area contributed by atoms with Gasteiger partial charge in [-0.05, 0) is 49.6 Å². The summed E-state index contributed by atoms with van der Waals surface area (Å²) in [4.78, 5) is 35.0. The number of carbonyl (C=O) groups excluding carboxylic acids is 2. The molecule has 13 heteroatoms. The van der Waals surface area contributed by atoms with Crippen LogP contribution in [0.1, 0.15) is 48.2 Å². The van der Waals surface area contributed by atoms with Gasteiger partial charge in [0, 0.05) is 29.8 Å². The van der Waals surface area contributed by atoms with Gasteiger partial charge in [-0.2, -0.15) is 5.10 Å². The number of hydrogen-bond acceptors (Lipinski definition) is 8. The lowest BCUT2D eigenvalue weighted by Crippen LogP contribution is -2.43. The molecule has 4 heterocycles. The second-order valence-corrected chi connectivity index (χ2v) is 9.95. The molecule has 0 spiro atoms. The van der Waals surface area contributed by atoms with Crippen LogP contribution in [0.5, 0.6) is 5.75 Å². The van der Waals surface area contributed by atoms with E-state index in [1.54, 1.807) is 0 Å². The van der Waals surface area contributed by atoms with Gasteiger partial charge < -0.3 is 4.74 Å². The fourth-order valence-corrected chi connectivity index (χ4v) is 4.71. The predicted molar refractivity (Wildman–Crippen MR) is 135 cm³/mol. The zero-order chi connectivity index (χ0) is 26.8. The lowest BCUT2D eigenvalue weighted by Gasteiger charge is -2.28. The summed E-state index contributed by atoms with van der Waals surface area (Å²) in [6.45, 7) is 0.232. The lowest BCUT2D eigenvalue weighted by molar-refractivity contribution is -0.124. The average Bonchev–Trinajstić information content (AvgIpc) is 3.65. The number of methoxy groups -OCH3 is 1. The monoisotopic (exact) mass is 544 g/mol. The van der Waals surface area contributed by atoms with Gasteiger partial charge in [-0.1, -0.05) is 11.8 Å². The number of pyridine rings is 2. The fraction of sp³-hybridized carbons (Fsp3) is 0.400. The predicted octanol–water partition coefficient (Wildman–Crippen LogP) is 3.63. The van der Waals surface area contributed by atoms with Crippen LogP contribution in [0.2, 0.25) is 0 Å². The van der Waals surface area contributed by atoms with E-state index in [1.165, 1.54) is 36.0 Å². The number of rotatable bonds is 5. The van der Waals surface area contributed by atoms with Gasteiger partial charge in [0.05, 0.1) is 18.9 Å². The summed E-state index contributed by atoms with van der Waals surface area (Å²) in [6.07, 6.45) is 0.509. The summed E-state index contributed by atoms with van der Waals surface area (Å²) in [5.74, 6) is 5.47. The van der Waals surface area contributed by atoms with Crippen molar-refractivity contribution in [1.82, 2.24) is 20.7 Å². The van der Waals surface area contributed by atoms with Crippen molar-refractivity contribution in [3.63, 3.8) is 0 Å². The minimum Gasteiger partial charge on any atom is -0.494 e. The van der Waals surface area contributed by atoms with E-state index in [2.05, 4.69) is 37.7 Å². The molecule has 0 radical (unpaired) electrons. The van der Waals surface area contributed by atoms with Gasteiger partial charge in [-0.25, -0.2) is 18.2 Å². The van der Waals surface area contributed by atoms with Crippen molar-refractivity contribution in [2.45, 2.75) is 43.7 Å². The molecular formula is C25H23F3N6O3S. The third-order valence-corrected chi connectivity index (χ3v) is 7.01. The van der Waals surface area contributed by atoms with Crippen LogP contribution in [0.15, 0.2) is 29.6 Å². The molecule has 0 aromatic carbocycles. The quantitative estimate of drug-likeness (QED) is 0.554. The largest absolute Gasteiger partial charge is 0.494 e. The van der Waals surface area contributed by atoms with E-state index in [0.29, 0.717) is 12.3 Å². The molecule has 3 aliphatic rings. The molecule has 2 atom stereocenters. The minimum absolute atomic E-state index is 0.00976. The molecule has 2 N–H and O–H groups in total. The highest BCUT2D eigenvalue weighted by Gasteiger charge is 2.32. The van der Waals surface area contributed by atoms with Crippen LogP contribution in [-0.4, -0.2) is 52.2 Å². The molecule has 198 valence electrons. The number of halogens is 3. The molecule has 1 aliphatic carbocycles. The summed E-state index contributed by atoms with van der Waals surface area (Å²) in [5.41, 5.74) is 2.63. The molecule has 0 bridgehead atoms. The lowest BCUT2D eigenvalue weighted by atomic mass is 9.99. The summed E-state index contributed by atoms with van der Waals surface area (Å²) in [5, 5.41) is 6.77. The first kappa shape index (κ1) is 25.8. The maximum absolute atomic E-state index is 14.1. The second kappa shape index (κ2) is 10.9. The van der Waals surface area contributed by atoms with Crippen LogP contribution >= 0.6 is 11.8 Å². The SMILES string of the molecule is COc1cnc(C(F)F)cc1-c1cc(N2CCCC(F)C2=O)ncc1C(=O)NC1=NNC(C#CC2CC2)S1. The Labute approximate surface area is 220 Å². The summed E-state index contributed by atoms with van der Waals surface area (Å²) < 4.78 is 46.5. The van der Waals surface area contributed by atoms with Gasteiger partial charge in [0.15, 0.2) is 16.7 Å². The van der Waals surface area contributed by atoms with Crippen LogP contribution in [0, 0.1) is 17.8 Å². The smallest absolute Gasteiger partial charge is 0.280 e. The van der Waals surface area contributed by atoms with E-state index in [9.17, 15) is 22.8 Å². The number of nitrogens with zero attached hydrogens (tertiary/aromatic N) is 4. The topological polar surface area (TPSA) is 109 Å². The Hall–Kier alpha value is -3.79. The number of hydrogen-bond donors (Lipinski definition) is 2. The van der Waals surface area contributed by atoms with Gasteiger partial charge in [0.25, 0.3) is 18.2 Å². The number of piperidine rings is 1. The van der Waals surface area contributed by atoms with Crippen LogP contribution < -0.4 is 20.4 Å². The second-order valence-electron chi connectivity index (χ2n) is 8.86. The number of carbonyl (C=O) groups is 2. The number of hydrazone groups is 1. The molecule has 9 nitrogen and oxygen atoms in total. The van der Waals surface area contributed by atoms with Crippen molar-refractivity contribution in [3.05, 3.63) is 35.8 Å². The highest BCUT2D eigenvalue weighted by atomic mass is 32.2. The molecule has 1 saturated heterocycles. The number of ether oxygens (including phenoxy) is 1. The van der Waals surface area contributed by atoms with Crippen molar-refractivity contribution in [1.29, 1.82) is 0 Å². The van der Waals surface area contributed by atoms with Gasteiger partial charge >= 0.3 is 0 Å². The molecule has 1 saturated carbocycles. The molecule has 5 rings (SSSR count). The Morgan fingerprint density at radius 3 is 2.76 bits per heavy atom. The number of nitrogens with one attached hydrogen (secondary N) is 2. The number of alkyl halides is 3. The minimum atomic E-state index is -2.88. The first-order chi connectivity index (χ1) is 18.3. The Kier molecular flexibility index (Phi) is 7.42. The maximum atomic E-state index is 14.1. The highest BCUT2D eigenvalue weighted by molar-refractivity contribution is 8.14. The molecule has 38 heavy (non-hydrogen) atoms. The maximum Gasteiger partial charge on any atom is 0.280 e. The summed E-state index contributed by atoms with van der Waals surface area (Å²) in [7, 11) is 1.34. The molecular weight excluding hydrogens is 521 g/mol. The fourth-order valence-electron chi connectivity index (χ4n) is 3.99. The van der Waals surface area contributed by atoms with E-state index in [1.807, 2.05) is 0 Å². The first-order valence-corrected chi connectivity index (χ1v) is 12.8. The first-order valence-electron chi connectivity index (χ1n) is 11.9. The van der Waals surface area contributed by atoms with Crippen molar-refractivity contribution in [2.75, 3.05) is 18.6 Å². The standard InChI is InChI=1S/C25H23F3N6O3S/c1-37-19-12-29-18(22(27)28)9-15(19)14-10-20(34-8-2-3-17(26)24(34)36)30-11-16(14)23(35)31-25-33-32-21(38-25)7-6-13-4-5-13/h9-13,17,21-22,32H,2-5,8H2,1H3,(H,31,33,35). The Bertz CT molecular complexity index is 1360. The molecule has 2 aromatic heterocycles. The van der Waals surface area contributed by atoms with Crippen molar-refractivity contribution in [3.8, 4) is 28.7 Å². The van der Waals surface area contributed by atoms with E-state index in [0.717, 1.165) is 25.1 Å². The molecule has 2 amide bonds. The van der Waals surface area contributed by atoms with E-state index in [-0.39, 0.29) is 51.8 Å².